The van der Waals surface area contributed by atoms with Crippen molar-refractivity contribution < 1.29 is 22.7 Å². The maximum absolute atomic E-state index is 12.3. The number of pyridine rings is 1. The average Bonchev–Trinajstić information content (AvgIpc) is 2.14. The first-order valence-corrected chi connectivity index (χ1v) is 4.75. The van der Waals surface area contributed by atoms with Crippen LogP contribution >= 0.6 is 22.6 Å². The third-order valence-electron chi connectivity index (χ3n) is 1.48. The fraction of sp³-hybridized carbons (Fsp3) is 0.250. The molecule has 0 atom stereocenters. The molecule has 0 unspecified atom stereocenters. The van der Waals surface area contributed by atoms with Crippen LogP contribution in [0.25, 0.3) is 0 Å². The normalized spacial score (nSPS) is 11.3. The van der Waals surface area contributed by atoms with E-state index in [9.17, 15) is 18.0 Å². The average molecular weight is 331 g/mol. The first kappa shape index (κ1) is 12.2. The first-order valence-electron chi connectivity index (χ1n) is 3.67. The summed E-state index contributed by atoms with van der Waals surface area (Å²) in [5, 5.41) is 0. The third-order valence-corrected chi connectivity index (χ3v) is 2.10. The molecule has 1 aromatic rings. The molecule has 3 nitrogen and oxygen atoms in total. The topological polar surface area (TPSA) is 39.2 Å². The number of aromatic nitrogens is 1. The number of carbonyl (C=O) groups is 1. The van der Waals surface area contributed by atoms with Crippen LogP contribution in [0.4, 0.5) is 13.2 Å². The van der Waals surface area contributed by atoms with Crippen LogP contribution in [0.3, 0.4) is 0 Å². The van der Waals surface area contributed by atoms with Crippen molar-refractivity contribution in [3.63, 3.8) is 0 Å². The van der Waals surface area contributed by atoms with E-state index >= 15 is 0 Å². The van der Waals surface area contributed by atoms with E-state index in [0.717, 1.165) is 13.2 Å². The van der Waals surface area contributed by atoms with Crippen molar-refractivity contribution in [2.45, 2.75) is 6.18 Å². The summed E-state index contributed by atoms with van der Waals surface area (Å²) in [7, 11) is 1.08. The van der Waals surface area contributed by atoms with Crippen LogP contribution in [-0.4, -0.2) is 18.1 Å². The Labute approximate surface area is 96.8 Å². The quantitative estimate of drug-likeness (QED) is 0.586. The number of rotatable bonds is 1. The van der Waals surface area contributed by atoms with Gasteiger partial charge in [0.25, 0.3) is 0 Å². The minimum Gasteiger partial charge on any atom is -0.464 e. The van der Waals surface area contributed by atoms with Crippen molar-refractivity contribution in [2.24, 2.45) is 0 Å². The number of alkyl halides is 3. The van der Waals surface area contributed by atoms with Crippen molar-refractivity contribution in [2.75, 3.05) is 7.11 Å². The highest BCUT2D eigenvalue weighted by Gasteiger charge is 2.33. The molecule has 15 heavy (non-hydrogen) atoms. The van der Waals surface area contributed by atoms with Crippen LogP contribution in [0.1, 0.15) is 16.2 Å². The molecule has 1 aromatic heterocycles. The van der Waals surface area contributed by atoms with E-state index in [1.165, 1.54) is 6.07 Å². The molecule has 0 fully saturated rings. The summed E-state index contributed by atoms with van der Waals surface area (Å²) in [6.45, 7) is 0. The lowest BCUT2D eigenvalue weighted by atomic mass is 10.3. The van der Waals surface area contributed by atoms with Gasteiger partial charge in [0.1, 0.15) is 11.4 Å². The Morgan fingerprint density at radius 1 is 1.47 bits per heavy atom. The number of hydrogen-bond acceptors (Lipinski definition) is 3. The summed E-state index contributed by atoms with van der Waals surface area (Å²) >= 11 is 1.67. The zero-order valence-corrected chi connectivity index (χ0v) is 9.59. The smallest absolute Gasteiger partial charge is 0.433 e. The lowest BCUT2D eigenvalue weighted by molar-refractivity contribution is -0.141. The molecular formula is C8H5F3INO2. The van der Waals surface area contributed by atoms with E-state index in [2.05, 4.69) is 9.72 Å². The Balaban J connectivity index is 3.23. The van der Waals surface area contributed by atoms with E-state index < -0.39 is 17.8 Å². The Morgan fingerprint density at radius 3 is 2.53 bits per heavy atom. The summed E-state index contributed by atoms with van der Waals surface area (Å²) in [4.78, 5) is 14.2. The number of nitrogens with zero attached hydrogens (tertiary/aromatic N) is 1. The second kappa shape index (κ2) is 4.33. The van der Waals surface area contributed by atoms with Gasteiger partial charge in [-0.2, -0.15) is 13.2 Å². The molecule has 0 aliphatic heterocycles. The summed E-state index contributed by atoms with van der Waals surface area (Å²) in [6, 6.07) is 2.08. The van der Waals surface area contributed by atoms with Gasteiger partial charge >= 0.3 is 12.1 Å². The van der Waals surface area contributed by atoms with Gasteiger partial charge in [-0.3, -0.25) is 0 Å². The van der Waals surface area contributed by atoms with Gasteiger partial charge in [-0.25, -0.2) is 9.78 Å². The second-order valence-electron chi connectivity index (χ2n) is 2.55. The summed E-state index contributed by atoms with van der Waals surface area (Å²) in [5.41, 5.74) is -1.45. The molecule has 0 bridgehead atoms. The van der Waals surface area contributed by atoms with Crippen LogP contribution < -0.4 is 0 Å². The molecule has 7 heteroatoms. The fourth-order valence-corrected chi connectivity index (χ4v) is 1.44. The molecule has 0 saturated carbocycles. The maximum Gasteiger partial charge on any atom is 0.433 e. The molecule has 0 N–H and O–H groups in total. The fourth-order valence-electron chi connectivity index (χ4n) is 0.852. The minimum atomic E-state index is -4.57. The van der Waals surface area contributed by atoms with Crippen LogP contribution in [0.2, 0.25) is 0 Å². The highest BCUT2D eigenvalue weighted by molar-refractivity contribution is 14.1. The Bertz CT molecular complexity index is 392. The van der Waals surface area contributed by atoms with Gasteiger partial charge in [0.2, 0.25) is 0 Å². The van der Waals surface area contributed by atoms with Gasteiger partial charge in [-0.15, -0.1) is 0 Å². The van der Waals surface area contributed by atoms with E-state index in [-0.39, 0.29) is 9.26 Å². The van der Waals surface area contributed by atoms with Crippen LogP contribution in [-0.2, 0) is 10.9 Å². The number of carbonyl (C=O) groups excluding carboxylic acids is 1. The number of hydrogen-bond donors (Lipinski definition) is 0. The van der Waals surface area contributed by atoms with Crippen LogP contribution in [0.15, 0.2) is 12.1 Å². The standard InChI is InChI=1S/C8H5F3INO2/c1-15-7(14)5-2-4(12)3-6(13-5)8(9,10)11/h2-3H,1H3. The second-order valence-corrected chi connectivity index (χ2v) is 3.79. The molecular weight excluding hydrogens is 326 g/mol. The summed E-state index contributed by atoms with van der Waals surface area (Å²) in [5.74, 6) is -0.890. The molecule has 0 aliphatic rings. The van der Waals surface area contributed by atoms with E-state index in [1.807, 2.05) is 0 Å². The van der Waals surface area contributed by atoms with Gasteiger partial charge in [-0.05, 0) is 34.7 Å². The molecule has 0 saturated heterocycles. The molecule has 0 spiro atoms. The van der Waals surface area contributed by atoms with Crippen LogP contribution in [0, 0.1) is 3.57 Å². The Hall–Kier alpha value is -0.860. The summed E-state index contributed by atoms with van der Waals surface area (Å²) < 4.78 is 41.5. The van der Waals surface area contributed by atoms with Crippen molar-refractivity contribution in [3.8, 4) is 0 Å². The maximum atomic E-state index is 12.3. The van der Waals surface area contributed by atoms with Crippen LogP contribution in [0.5, 0.6) is 0 Å². The van der Waals surface area contributed by atoms with Crippen molar-refractivity contribution in [1.82, 2.24) is 4.98 Å². The third kappa shape index (κ3) is 3.05. The predicted octanol–water partition coefficient (Wildman–Crippen LogP) is 2.49. The van der Waals surface area contributed by atoms with E-state index in [1.54, 1.807) is 22.6 Å². The first-order chi connectivity index (χ1) is 6.84. The highest BCUT2D eigenvalue weighted by Crippen LogP contribution is 2.28. The SMILES string of the molecule is COC(=O)c1cc(I)cc(C(F)(F)F)n1. The lowest BCUT2D eigenvalue weighted by Crippen LogP contribution is -2.13. The molecule has 0 aliphatic carbocycles. The van der Waals surface area contributed by atoms with E-state index in [0.29, 0.717) is 0 Å². The van der Waals surface area contributed by atoms with Gasteiger partial charge < -0.3 is 4.74 Å². The molecule has 82 valence electrons. The van der Waals surface area contributed by atoms with Crippen molar-refractivity contribution in [1.29, 1.82) is 0 Å². The van der Waals surface area contributed by atoms with E-state index in [4.69, 9.17) is 0 Å². The molecule has 0 amide bonds. The molecule has 0 radical (unpaired) electrons. The van der Waals surface area contributed by atoms with Gasteiger partial charge in [0, 0.05) is 3.57 Å². The monoisotopic (exact) mass is 331 g/mol. The molecule has 0 aromatic carbocycles. The Morgan fingerprint density at radius 2 is 2.07 bits per heavy atom. The summed E-state index contributed by atoms with van der Waals surface area (Å²) in [6.07, 6.45) is -4.57. The molecule has 1 heterocycles. The van der Waals surface area contributed by atoms with Crippen molar-refractivity contribution >= 4 is 28.6 Å². The zero-order chi connectivity index (χ0) is 11.6. The van der Waals surface area contributed by atoms with Gasteiger partial charge in [0.15, 0.2) is 0 Å². The number of methoxy groups -OCH3 is 1. The highest BCUT2D eigenvalue weighted by atomic mass is 127. The number of esters is 1. The number of halogens is 4. The van der Waals surface area contributed by atoms with Gasteiger partial charge in [-0.1, -0.05) is 0 Å². The minimum absolute atomic E-state index is 0.273. The number of ether oxygens (including phenoxy) is 1. The zero-order valence-electron chi connectivity index (χ0n) is 7.43. The Kier molecular flexibility index (Phi) is 3.53. The molecule has 1 rings (SSSR count). The van der Waals surface area contributed by atoms with Crippen molar-refractivity contribution in [3.05, 3.63) is 27.1 Å². The predicted molar refractivity (Wildman–Crippen MR) is 53.3 cm³/mol. The van der Waals surface area contributed by atoms with Gasteiger partial charge in [0.05, 0.1) is 7.11 Å². The lowest BCUT2D eigenvalue weighted by Gasteiger charge is -2.07. The largest absolute Gasteiger partial charge is 0.464 e.